The first kappa shape index (κ1) is 12.4. The van der Waals surface area contributed by atoms with Crippen LogP contribution in [0.2, 0.25) is 0 Å². The van der Waals surface area contributed by atoms with Crippen LogP contribution < -0.4 is 10.6 Å². The smallest absolute Gasteiger partial charge is 0.241 e. The zero-order valence-electron chi connectivity index (χ0n) is 8.71. The number of nitrogens with one attached hydrogen (secondary N) is 2. The van der Waals surface area contributed by atoms with E-state index in [1.54, 1.807) is 0 Å². The highest BCUT2D eigenvalue weighted by molar-refractivity contribution is 9.10. The summed E-state index contributed by atoms with van der Waals surface area (Å²) in [6.07, 6.45) is 0.380. The fourth-order valence-electron chi connectivity index (χ4n) is 1.62. The Bertz CT molecular complexity index is 444. The number of hydrogen-bond donors (Lipinski definition) is 2. The number of amides is 1. The number of pyridine rings is 1. The van der Waals surface area contributed by atoms with Gasteiger partial charge in [0.05, 0.1) is 16.2 Å². The molecule has 2 N–H and O–H groups in total. The van der Waals surface area contributed by atoms with Gasteiger partial charge in [0.25, 0.3) is 0 Å². The molecule has 1 amide bonds. The molecule has 1 aliphatic heterocycles. The van der Waals surface area contributed by atoms with E-state index in [0.717, 1.165) is 6.07 Å². The van der Waals surface area contributed by atoms with Gasteiger partial charge in [0.1, 0.15) is 6.17 Å². The second-order valence-corrected chi connectivity index (χ2v) is 4.62. The molecule has 0 aromatic carbocycles. The SMILES string of the molecule is O=C(Nc1cc(F)ncc1Br)[C@@H]1C[C@@H](F)CN1. The number of hydrogen-bond acceptors (Lipinski definition) is 3. The predicted octanol–water partition coefficient (Wildman–Crippen LogP) is 1.62. The topological polar surface area (TPSA) is 54.0 Å². The molecule has 1 saturated heterocycles. The quantitative estimate of drug-likeness (QED) is 0.817. The average Bonchev–Trinajstić information content (AvgIpc) is 2.70. The van der Waals surface area contributed by atoms with Gasteiger partial charge >= 0.3 is 0 Å². The maximum absolute atomic E-state index is 12.9. The molecule has 0 bridgehead atoms. The summed E-state index contributed by atoms with van der Waals surface area (Å²) in [5, 5.41) is 5.27. The van der Waals surface area contributed by atoms with E-state index in [0.29, 0.717) is 4.47 Å². The Morgan fingerprint density at radius 1 is 1.65 bits per heavy atom. The van der Waals surface area contributed by atoms with E-state index in [1.807, 2.05) is 0 Å². The molecule has 0 aliphatic carbocycles. The minimum Gasteiger partial charge on any atom is -0.324 e. The van der Waals surface area contributed by atoms with Crippen molar-refractivity contribution in [2.45, 2.75) is 18.6 Å². The Balaban J connectivity index is 2.05. The van der Waals surface area contributed by atoms with Gasteiger partial charge in [-0.1, -0.05) is 0 Å². The molecule has 17 heavy (non-hydrogen) atoms. The van der Waals surface area contributed by atoms with E-state index in [-0.39, 0.29) is 24.6 Å². The summed E-state index contributed by atoms with van der Waals surface area (Å²) < 4.78 is 26.2. The Morgan fingerprint density at radius 3 is 3.06 bits per heavy atom. The van der Waals surface area contributed by atoms with E-state index < -0.39 is 18.2 Å². The summed E-state index contributed by atoms with van der Waals surface area (Å²) >= 11 is 3.14. The normalized spacial score (nSPS) is 23.7. The molecular weight excluding hydrogens is 296 g/mol. The molecule has 4 nitrogen and oxygen atoms in total. The number of anilines is 1. The van der Waals surface area contributed by atoms with Crippen LogP contribution >= 0.6 is 15.9 Å². The van der Waals surface area contributed by atoms with Gasteiger partial charge < -0.3 is 10.6 Å². The molecule has 2 rings (SSSR count). The van der Waals surface area contributed by atoms with Crippen LogP contribution in [0, 0.1) is 5.95 Å². The molecule has 0 radical (unpaired) electrons. The maximum Gasteiger partial charge on any atom is 0.241 e. The van der Waals surface area contributed by atoms with Crippen LogP contribution in [0.4, 0.5) is 14.5 Å². The average molecular weight is 306 g/mol. The zero-order chi connectivity index (χ0) is 12.4. The zero-order valence-corrected chi connectivity index (χ0v) is 10.3. The van der Waals surface area contributed by atoms with Crippen molar-refractivity contribution in [3.05, 3.63) is 22.7 Å². The van der Waals surface area contributed by atoms with Gasteiger partial charge in [-0.25, -0.2) is 9.37 Å². The molecule has 0 saturated carbocycles. The van der Waals surface area contributed by atoms with Crippen LogP contribution in [-0.2, 0) is 4.79 Å². The van der Waals surface area contributed by atoms with Gasteiger partial charge in [0, 0.05) is 25.2 Å². The second-order valence-electron chi connectivity index (χ2n) is 3.77. The molecule has 92 valence electrons. The molecule has 1 fully saturated rings. The van der Waals surface area contributed by atoms with Gasteiger partial charge in [-0.15, -0.1) is 0 Å². The van der Waals surface area contributed by atoms with Crippen LogP contribution in [0.3, 0.4) is 0 Å². The van der Waals surface area contributed by atoms with Crippen molar-refractivity contribution in [3.8, 4) is 0 Å². The van der Waals surface area contributed by atoms with Crippen LogP contribution in [0.1, 0.15) is 6.42 Å². The third kappa shape index (κ3) is 2.98. The summed E-state index contributed by atoms with van der Waals surface area (Å²) in [5.74, 6) is -1.07. The van der Waals surface area contributed by atoms with Crippen molar-refractivity contribution in [1.29, 1.82) is 0 Å². The van der Waals surface area contributed by atoms with Gasteiger partial charge in [0.15, 0.2) is 0 Å². The summed E-state index contributed by atoms with van der Waals surface area (Å²) in [6.45, 7) is 0.171. The summed E-state index contributed by atoms with van der Waals surface area (Å²) in [7, 11) is 0. The van der Waals surface area contributed by atoms with E-state index in [2.05, 4.69) is 31.5 Å². The number of carbonyl (C=O) groups excluding carboxylic acids is 1. The van der Waals surface area contributed by atoms with E-state index >= 15 is 0 Å². The van der Waals surface area contributed by atoms with Crippen LogP contribution in [0.15, 0.2) is 16.7 Å². The molecule has 7 heteroatoms. The molecule has 2 heterocycles. The second kappa shape index (κ2) is 5.05. The predicted molar refractivity (Wildman–Crippen MR) is 61.8 cm³/mol. The minimum atomic E-state index is -1.01. The lowest BCUT2D eigenvalue weighted by Gasteiger charge is -2.11. The van der Waals surface area contributed by atoms with E-state index in [4.69, 9.17) is 0 Å². The summed E-state index contributed by atoms with van der Waals surface area (Å²) in [5.41, 5.74) is 0.284. The van der Waals surface area contributed by atoms with Gasteiger partial charge in [-0.3, -0.25) is 4.79 Å². The van der Waals surface area contributed by atoms with E-state index in [1.165, 1.54) is 6.20 Å². The molecular formula is C10H10BrF2N3O. The van der Waals surface area contributed by atoms with Crippen LogP contribution in [0.25, 0.3) is 0 Å². The highest BCUT2D eigenvalue weighted by atomic mass is 79.9. The number of nitrogens with zero attached hydrogens (tertiary/aromatic N) is 1. The number of carbonyl (C=O) groups is 1. The fraction of sp³-hybridized carbons (Fsp3) is 0.400. The Hall–Kier alpha value is -1.08. The lowest BCUT2D eigenvalue weighted by molar-refractivity contribution is -0.117. The van der Waals surface area contributed by atoms with Gasteiger partial charge in [-0.05, 0) is 15.9 Å². The summed E-state index contributed by atoms with van der Waals surface area (Å²) in [6, 6.07) is 0.525. The first-order chi connectivity index (χ1) is 8.06. The molecule has 0 spiro atoms. The highest BCUT2D eigenvalue weighted by Crippen LogP contribution is 2.22. The lowest BCUT2D eigenvalue weighted by Crippen LogP contribution is -2.35. The van der Waals surface area contributed by atoms with Crippen molar-refractivity contribution in [2.24, 2.45) is 0 Å². The highest BCUT2D eigenvalue weighted by Gasteiger charge is 2.29. The van der Waals surface area contributed by atoms with Crippen LogP contribution in [-0.4, -0.2) is 29.6 Å². The van der Waals surface area contributed by atoms with Crippen molar-refractivity contribution >= 4 is 27.5 Å². The molecule has 2 atom stereocenters. The molecule has 1 aromatic heterocycles. The third-order valence-electron chi connectivity index (χ3n) is 2.47. The first-order valence-electron chi connectivity index (χ1n) is 5.05. The van der Waals surface area contributed by atoms with Crippen molar-refractivity contribution in [1.82, 2.24) is 10.3 Å². The third-order valence-corrected chi connectivity index (χ3v) is 3.11. The Morgan fingerprint density at radius 2 is 2.41 bits per heavy atom. The van der Waals surface area contributed by atoms with Crippen molar-refractivity contribution < 1.29 is 13.6 Å². The standard InChI is InChI=1S/C10H10BrF2N3O/c11-6-4-15-9(13)2-7(6)16-10(17)8-1-5(12)3-14-8/h2,4-5,8,14H,1,3H2,(H,15,16,17)/t5-,8+/m1/s1. The number of halogens is 3. The first-order valence-corrected chi connectivity index (χ1v) is 5.85. The Kier molecular flexibility index (Phi) is 3.68. The molecule has 0 unspecified atom stereocenters. The summed E-state index contributed by atoms with van der Waals surface area (Å²) in [4.78, 5) is 15.1. The van der Waals surface area contributed by atoms with Crippen molar-refractivity contribution in [3.63, 3.8) is 0 Å². The maximum atomic E-state index is 12.9. The van der Waals surface area contributed by atoms with E-state index in [9.17, 15) is 13.6 Å². The number of alkyl halides is 1. The number of aromatic nitrogens is 1. The monoisotopic (exact) mass is 305 g/mol. The lowest BCUT2D eigenvalue weighted by atomic mass is 10.2. The fourth-order valence-corrected chi connectivity index (χ4v) is 1.94. The molecule has 1 aliphatic rings. The van der Waals surface area contributed by atoms with Crippen molar-refractivity contribution in [2.75, 3.05) is 11.9 Å². The Labute approximate surface area is 105 Å². The van der Waals surface area contributed by atoms with Gasteiger partial charge in [0.2, 0.25) is 11.9 Å². The van der Waals surface area contributed by atoms with Gasteiger partial charge in [-0.2, -0.15) is 4.39 Å². The minimum absolute atomic E-state index is 0.136. The largest absolute Gasteiger partial charge is 0.324 e. The number of rotatable bonds is 2. The molecule has 1 aromatic rings. The van der Waals surface area contributed by atoms with Crippen LogP contribution in [0.5, 0.6) is 0 Å².